The molecule has 0 unspecified atom stereocenters. The Hall–Kier alpha value is -4.73. The first-order chi connectivity index (χ1) is 17.4. The molecule has 10 heteroatoms. The average Bonchev–Trinajstić information content (AvgIpc) is 2.86. The summed E-state index contributed by atoms with van der Waals surface area (Å²) in [5.41, 5.74) is 1.21. The first-order valence-electron chi connectivity index (χ1n) is 10.7. The predicted molar refractivity (Wildman–Crippen MR) is 129 cm³/mol. The lowest BCUT2D eigenvalue weighted by Gasteiger charge is -2.13. The third-order valence-corrected chi connectivity index (χ3v) is 5.15. The molecule has 1 heterocycles. The molecule has 0 radical (unpaired) electrons. The van der Waals surface area contributed by atoms with Crippen LogP contribution in [0.15, 0.2) is 66.9 Å². The third-order valence-electron chi connectivity index (χ3n) is 5.15. The number of hydrogen-bond acceptors (Lipinski definition) is 6. The zero-order chi connectivity index (χ0) is 25.7. The topological polar surface area (TPSA) is 98.8 Å². The van der Waals surface area contributed by atoms with Crippen molar-refractivity contribution in [1.29, 1.82) is 0 Å². The standard InChI is InChI=1S/C26H21F2N3O5/c1-34-23-13-18-20(14-24(23)35-2)29-10-9-21(18)36-22-8-7-17(12-19(22)28)30-26(33)31-25(32)11-15-3-5-16(27)6-4-15/h3-10,12-14H,11H2,1-2H3,(H2,30,31,32,33). The van der Waals surface area contributed by atoms with Gasteiger partial charge in [-0.15, -0.1) is 0 Å². The van der Waals surface area contributed by atoms with E-state index in [1.165, 1.54) is 56.8 Å². The fourth-order valence-corrected chi connectivity index (χ4v) is 3.44. The number of carbonyl (C=O) groups excluding carboxylic acids is 2. The fraction of sp³-hybridized carbons (Fsp3) is 0.115. The molecular weight excluding hydrogens is 472 g/mol. The van der Waals surface area contributed by atoms with Crippen molar-refractivity contribution in [2.75, 3.05) is 19.5 Å². The van der Waals surface area contributed by atoms with Gasteiger partial charge in [0.05, 0.1) is 26.2 Å². The van der Waals surface area contributed by atoms with Gasteiger partial charge in [0, 0.05) is 29.4 Å². The quantitative estimate of drug-likeness (QED) is 0.367. The minimum Gasteiger partial charge on any atom is -0.493 e. The number of nitrogens with one attached hydrogen (secondary N) is 2. The van der Waals surface area contributed by atoms with Crippen molar-refractivity contribution in [2.45, 2.75) is 6.42 Å². The molecule has 0 saturated heterocycles. The molecule has 4 rings (SSSR count). The highest BCUT2D eigenvalue weighted by Crippen LogP contribution is 2.37. The molecule has 1 aromatic heterocycles. The number of hydrogen-bond donors (Lipinski definition) is 2. The van der Waals surface area contributed by atoms with Crippen molar-refractivity contribution < 1.29 is 32.6 Å². The van der Waals surface area contributed by atoms with Crippen LogP contribution in [-0.4, -0.2) is 31.1 Å². The summed E-state index contributed by atoms with van der Waals surface area (Å²) in [4.78, 5) is 28.4. The minimum absolute atomic E-state index is 0.0874. The zero-order valence-corrected chi connectivity index (χ0v) is 19.3. The number of fused-ring (bicyclic) bond motifs is 1. The fourth-order valence-electron chi connectivity index (χ4n) is 3.44. The first-order valence-corrected chi connectivity index (χ1v) is 10.7. The second-order valence-corrected chi connectivity index (χ2v) is 7.59. The van der Waals surface area contributed by atoms with Gasteiger partial charge in [-0.3, -0.25) is 15.1 Å². The minimum atomic E-state index is -0.837. The summed E-state index contributed by atoms with van der Waals surface area (Å²) in [5, 5.41) is 5.11. The van der Waals surface area contributed by atoms with Crippen LogP contribution in [0.5, 0.6) is 23.0 Å². The summed E-state index contributed by atoms with van der Waals surface area (Å²) in [5.74, 6) is -0.565. The number of ether oxygens (including phenoxy) is 3. The van der Waals surface area contributed by atoms with Gasteiger partial charge in [0.1, 0.15) is 11.6 Å². The van der Waals surface area contributed by atoms with Crippen LogP contribution in [0.25, 0.3) is 10.9 Å². The molecule has 3 aromatic carbocycles. The van der Waals surface area contributed by atoms with Crippen LogP contribution in [0, 0.1) is 11.6 Å². The second-order valence-electron chi connectivity index (χ2n) is 7.59. The van der Waals surface area contributed by atoms with Crippen molar-refractivity contribution in [2.24, 2.45) is 0 Å². The van der Waals surface area contributed by atoms with Gasteiger partial charge in [-0.05, 0) is 42.0 Å². The number of pyridine rings is 1. The Balaban J connectivity index is 1.44. The van der Waals surface area contributed by atoms with Crippen molar-refractivity contribution >= 4 is 28.5 Å². The number of carbonyl (C=O) groups is 2. The Morgan fingerprint density at radius 1 is 0.861 bits per heavy atom. The Morgan fingerprint density at radius 2 is 1.58 bits per heavy atom. The number of anilines is 1. The maximum absolute atomic E-state index is 14.8. The molecule has 2 N–H and O–H groups in total. The van der Waals surface area contributed by atoms with E-state index >= 15 is 0 Å². The van der Waals surface area contributed by atoms with E-state index in [4.69, 9.17) is 14.2 Å². The monoisotopic (exact) mass is 493 g/mol. The van der Waals surface area contributed by atoms with E-state index in [0.29, 0.717) is 33.7 Å². The number of rotatable bonds is 7. The molecule has 0 aliphatic heterocycles. The molecule has 0 spiro atoms. The number of amides is 3. The van der Waals surface area contributed by atoms with Crippen molar-refractivity contribution in [3.8, 4) is 23.0 Å². The summed E-state index contributed by atoms with van der Waals surface area (Å²) in [6.45, 7) is 0. The second kappa shape index (κ2) is 10.7. The molecule has 184 valence electrons. The smallest absolute Gasteiger partial charge is 0.325 e. The number of urea groups is 1. The van der Waals surface area contributed by atoms with Crippen molar-refractivity contribution in [3.05, 3.63) is 84.1 Å². The van der Waals surface area contributed by atoms with E-state index in [2.05, 4.69) is 15.6 Å². The lowest BCUT2D eigenvalue weighted by atomic mass is 10.1. The summed E-state index contributed by atoms with van der Waals surface area (Å²) in [7, 11) is 3.01. The van der Waals surface area contributed by atoms with Crippen LogP contribution >= 0.6 is 0 Å². The van der Waals surface area contributed by atoms with E-state index < -0.39 is 23.6 Å². The van der Waals surface area contributed by atoms with Crippen LogP contribution in [0.1, 0.15) is 5.56 Å². The molecule has 0 atom stereocenters. The van der Waals surface area contributed by atoms with E-state index in [1.54, 1.807) is 18.2 Å². The Labute approximate surface area is 204 Å². The number of aromatic nitrogens is 1. The lowest BCUT2D eigenvalue weighted by molar-refractivity contribution is -0.119. The van der Waals surface area contributed by atoms with Crippen LogP contribution in [-0.2, 0) is 11.2 Å². The number of methoxy groups -OCH3 is 2. The summed E-state index contributed by atoms with van der Waals surface area (Å²) in [6, 6.07) is 13.3. The maximum Gasteiger partial charge on any atom is 0.325 e. The molecule has 0 saturated carbocycles. The maximum atomic E-state index is 14.8. The first kappa shape index (κ1) is 24.4. The molecule has 0 fully saturated rings. The average molecular weight is 493 g/mol. The van der Waals surface area contributed by atoms with Gasteiger partial charge in [-0.2, -0.15) is 0 Å². The number of nitrogens with zero attached hydrogens (tertiary/aromatic N) is 1. The van der Waals surface area contributed by atoms with Crippen molar-refractivity contribution in [1.82, 2.24) is 10.3 Å². The van der Waals surface area contributed by atoms with E-state index in [0.717, 1.165) is 6.07 Å². The Bertz CT molecular complexity index is 1430. The summed E-state index contributed by atoms with van der Waals surface area (Å²) < 4.78 is 44.1. The lowest BCUT2D eigenvalue weighted by Crippen LogP contribution is -2.35. The van der Waals surface area contributed by atoms with Gasteiger partial charge in [-0.25, -0.2) is 13.6 Å². The third kappa shape index (κ3) is 5.66. The van der Waals surface area contributed by atoms with E-state index in [9.17, 15) is 18.4 Å². The van der Waals surface area contributed by atoms with Gasteiger partial charge < -0.3 is 19.5 Å². The zero-order valence-electron chi connectivity index (χ0n) is 19.3. The Kier molecular flexibility index (Phi) is 7.24. The summed E-state index contributed by atoms with van der Waals surface area (Å²) in [6.07, 6.45) is 1.40. The molecule has 36 heavy (non-hydrogen) atoms. The SMILES string of the molecule is COc1cc2nccc(Oc3ccc(NC(=O)NC(=O)Cc4ccc(F)cc4)cc3F)c2cc1OC. The highest BCUT2D eigenvalue weighted by atomic mass is 19.1. The van der Waals surface area contributed by atoms with E-state index in [-0.39, 0.29) is 17.9 Å². The van der Waals surface area contributed by atoms with Crippen molar-refractivity contribution in [3.63, 3.8) is 0 Å². The molecule has 0 bridgehead atoms. The summed E-state index contributed by atoms with van der Waals surface area (Å²) >= 11 is 0. The normalized spacial score (nSPS) is 10.6. The molecule has 3 amide bonds. The van der Waals surface area contributed by atoms with Crippen LogP contribution < -0.4 is 24.8 Å². The largest absolute Gasteiger partial charge is 0.493 e. The van der Waals surface area contributed by atoms with Gasteiger partial charge in [-0.1, -0.05) is 12.1 Å². The predicted octanol–water partition coefficient (Wildman–Crippen LogP) is 5.21. The molecular formula is C26H21F2N3O5. The van der Waals surface area contributed by atoms with Crippen LogP contribution in [0.4, 0.5) is 19.3 Å². The number of imide groups is 1. The highest BCUT2D eigenvalue weighted by molar-refractivity contribution is 6.01. The van der Waals surface area contributed by atoms with Gasteiger partial charge in [0.15, 0.2) is 23.1 Å². The molecule has 8 nitrogen and oxygen atoms in total. The number of benzene rings is 3. The van der Waals surface area contributed by atoms with Crippen LogP contribution in [0.2, 0.25) is 0 Å². The molecule has 0 aliphatic rings. The Morgan fingerprint density at radius 3 is 2.28 bits per heavy atom. The van der Waals surface area contributed by atoms with Gasteiger partial charge in [0.25, 0.3) is 0 Å². The highest BCUT2D eigenvalue weighted by Gasteiger charge is 2.14. The molecule has 4 aromatic rings. The van der Waals surface area contributed by atoms with E-state index in [1.807, 2.05) is 0 Å². The number of halogens is 2. The van der Waals surface area contributed by atoms with Gasteiger partial charge in [0.2, 0.25) is 5.91 Å². The van der Waals surface area contributed by atoms with Crippen LogP contribution in [0.3, 0.4) is 0 Å². The molecule has 0 aliphatic carbocycles. The van der Waals surface area contributed by atoms with Gasteiger partial charge >= 0.3 is 6.03 Å².